The molecule has 1 atom stereocenters. The highest BCUT2D eigenvalue weighted by Crippen LogP contribution is 2.31. The summed E-state index contributed by atoms with van der Waals surface area (Å²) in [4.78, 5) is 12.2. The van der Waals surface area contributed by atoms with Crippen LogP contribution in [0.5, 0.6) is 11.5 Å². The molecule has 8 heteroatoms. The van der Waals surface area contributed by atoms with Crippen molar-refractivity contribution in [1.82, 2.24) is 5.32 Å². The number of fused-ring (bicyclic) bond motifs is 1. The molecule has 138 valence electrons. The molecule has 0 fully saturated rings. The number of nitrogens with one attached hydrogen (secondary N) is 2. The molecule has 0 saturated heterocycles. The maximum atomic E-state index is 12.2. The van der Waals surface area contributed by atoms with Gasteiger partial charge in [0.15, 0.2) is 0 Å². The highest BCUT2D eigenvalue weighted by molar-refractivity contribution is 5.81. The number of alkyl halides is 3. The third-order valence-corrected chi connectivity index (χ3v) is 3.83. The van der Waals surface area contributed by atoms with Gasteiger partial charge in [0.1, 0.15) is 11.5 Å². The Labute approximate surface area is 148 Å². The predicted molar refractivity (Wildman–Crippen MR) is 89.1 cm³/mol. The van der Waals surface area contributed by atoms with Gasteiger partial charge in [0.2, 0.25) is 5.91 Å². The van der Waals surface area contributed by atoms with E-state index < -0.39 is 6.36 Å². The van der Waals surface area contributed by atoms with Crippen molar-refractivity contribution in [2.24, 2.45) is 0 Å². The second-order valence-electron chi connectivity index (χ2n) is 5.72. The zero-order chi connectivity index (χ0) is 18.6. The second-order valence-corrected chi connectivity index (χ2v) is 5.72. The topological polar surface area (TPSA) is 59.6 Å². The summed E-state index contributed by atoms with van der Waals surface area (Å²) in [5.74, 6) is 0.228. The monoisotopic (exact) mass is 366 g/mol. The average molecular weight is 366 g/mol. The lowest BCUT2D eigenvalue weighted by atomic mass is 10.0. The van der Waals surface area contributed by atoms with Crippen LogP contribution in [-0.4, -0.2) is 25.4 Å². The minimum atomic E-state index is -4.73. The Morgan fingerprint density at radius 2 is 1.88 bits per heavy atom. The summed E-state index contributed by atoms with van der Waals surface area (Å²) >= 11 is 0. The highest BCUT2D eigenvalue weighted by Gasteiger charge is 2.31. The van der Waals surface area contributed by atoms with Crippen LogP contribution in [-0.2, 0) is 4.79 Å². The van der Waals surface area contributed by atoms with Crippen molar-refractivity contribution in [3.63, 3.8) is 0 Å². The van der Waals surface area contributed by atoms with Crippen LogP contribution < -0.4 is 20.1 Å². The normalized spacial score (nSPS) is 16.2. The molecule has 1 amide bonds. The fourth-order valence-corrected chi connectivity index (χ4v) is 2.69. The number of amides is 1. The van der Waals surface area contributed by atoms with E-state index in [2.05, 4.69) is 15.4 Å². The molecule has 0 saturated carbocycles. The fourth-order valence-electron chi connectivity index (χ4n) is 2.69. The molecule has 2 aromatic rings. The number of anilines is 1. The molecule has 2 aromatic carbocycles. The van der Waals surface area contributed by atoms with Crippen molar-refractivity contribution < 1.29 is 27.4 Å². The molecule has 1 unspecified atom stereocenters. The molecular weight excluding hydrogens is 349 g/mol. The van der Waals surface area contributed by atoms with Crippen LogP contribution in [0.15, 0.2) is 48.5 Å². The molecule has 0 spiro atoms. The SMILES string of the molecule is O=C(CNc1ccc(OC(F)(F)F)cc1)NC1CCOc2ccccc21. The molecule has 26 heavy (non-hydrogen) atoms. The van der Waals surface area contributed by atoms with Crippen LogP contribution in [0.1, 0.15) is 18.0 Å². The Balaban J connectivity index is 1.52. The fraction of sp³-hybridized carbons (Fsp3) is 0.278. The lowest BCUT2D eigenvalue weighted by molar-refractivity contribution is -0.274. The maximum absolute atomic E-state index is 12.2. The van der Waals surface area contributed by atoms with Gasteiger partial charge in [0.05, 0.1) is 19.2 Å². The largest absolute Gasteiger partial charge is 0.573 e. The van der Waals surface area contributed by atoms with Crippen LogP contribution >= 0.6 is 0 Å². The number of ether oxygens (including phenoxy) is 2. The Bertz CT molecular complexity index is 763. The maximum Gasteiger partial charge on any atom is 0.573 e. The van der Waals surface area contributed by atoms with Gasteiger partial charge in [0, 0.05) is 17.7 Å². The molecule has 5 nitrogen and oxygen atoms in total. The van der Waals surface area contributed by atoms with E-state index >= 15 is 0 Å². The molecule has 0 aliphatic carbocycles. The summed E-state index contributed by atoms with van der Waals surface area (Å²) in [5.41, 5.74) is 1.45. The minimum Gasteiger partial charge on any atom is -0.493 e. The Hall–Kier alpha value is -2.90. The first-order valence-corrected chi connectivity index (χ1v) is 8.01. The van der Waals surface area contributed by atoms with E-state index in [0.717, 1.165) is 11.3 Å². The molecule has 0 bridgehead atoms. The Morgan fingerprint density at radius 1 is 1.15 bits per heavy atom. The van der Waals surface area contributed by atoms with E-state index in [0.29, 0.717) is 18.7 Å². The molecule has 1 heterocycles. The van der Waals surface area contributed by atoms with Gasteiger partial charge < -0.3 is 20.1 Å². The van der Waals surface area contributed by atoms with Gasteiger partial charge in [-0.05, 0) is 30.3 Å². The van der Waals surface area contributed by atoms with Crippen LogP contribution in [0.2, 0.25) is 0 Å². The number of halogens is 3. The third-order valence-electron chi connectivity index (χ3n) is 3.83. The minimum absolute atomic E-state index is 0.000993. The summed E-state index contributed by atoms with van der Waals surface area (Å²) in [6, 6.07) is 12.6. The van der Waals surface area contributed by atoms with Crippen LogP contribution in [0.25, 0.3) is 0 Å². The van der Waals surface area contributed by atoms with Gasteiger partial charge in [-0.15, -0.1) is 13.2 Å². The zero-order valence-electron chi connectivity index (χ0n) is 13.7. The predicted octanol–water partition coefficient (Wildman–Crippen LogP) is 3.64. The number of para-hydroxylation sites is 1. The van der Waals surface area contributed by atoms with Gasteiger partial charge in [-0.25, -0.2) is 0 Å². The first-order valence-electron chi connectivity index (χ1n) is 8.01. The first kappa shape index (κ1) is 17.9. The average Bonchev–Trinajstić information content (AvgIpc) is 2.60. The first-order chi connectivity index (χ1) is 12.4. The number of hydrogen-bond donors (Lipinski definition) is 2. The summed E-state index contributed by atoms with van der Waals surface area (Å²) in [7, 11) is 0. The molecular formula is C18H17F3N2O3. The number of carbonyl (C=O) groups excluding carboxylic acids is 1. The quantitative estimate of drug-likeness (QED) is 0.848. The van der Waals surface area contributed by atoms with E-state index in [1.807, 2.05) is 24.3 Å². The van der Waals surface area contributed by atoms with Crippen LogP contribution in [0, 0.1) is 0 Å². The van der Waals surface area contributed by atoms with Crippen molar-refractivity contribution >= 4 is 11.6 Å². The van der Waals surface area contributed by atoms with Crippen molar-refractivity contribution in [2.45, 2.75) is 18.8 Å². The smallest absolute Gasteiger partial charge is 0.493 e. The van der Waals surface area contributed by atoms with Gasteiger partial charge in [-0.2, -0.15) is 0 Å². The lowest BCUT2D eigenvalue weighted by Gasteiger charge is -2.26. The van der Waals surface area contributed by atoms with E-state index in [1.165, 1.54) is 24.3 Å². The van der Waals surface area contributed by atoms with Crippen molar-refractivity contribution in [2.75, 3.05) is 18.5 Å². The van der Waals surface area contributed by atoms with Crippen LogP contribution in [0.4, 0.5) is 18.9 Å². The summed E-state index contributed by atoms with van der Waals surface area (Å²) in [6.07, 6.45) is -4.05. The number of hydrogen-bond acceptors (Lipinski definition) is 4. The van der Waals surface area contributed by atoms with Crippen molar-refractivity contribution in [1.29, 1.82) is 0 Å². The van der Waals surface area contributed by atoms with E-state index in [-0.39, 0.29) is 24.2 Å². The van der Waals surface area contributed by atoms with Gasteiger partial charge >= 0.3 is 6.36 Å². The Morgan fingerprint density at radius 3 is 2.62 bits per heavy atom. The molecule has 0 aromatic heterocycles. The standard InChI is InChI=1S/C18H17F3N2O3/c19-18(20,21)26-13-7-5-12(6-8-13)22-11-17(24)23-15-9-10-25-16-4-2-1-3-14(15)16/h1-8,15,22H,9-11H2,(H,23,24). The van der Waals surface area contributed by atoms with Crippen LogP contribution in [0.3, 0.4) is 0 Å². The number of rotatable bonds is 5. The van der Waals surface area contributed by atoms with Crippen molar-refractivity contribution in [3.8, 4) is 11.5 Å². The van der Waals surface area contributed by atoms with Gasteiger partial charge in [-0.1, -0.05) is 18.2 Å². The lowest BCUT2D eigenvalue weighted by Crippen LogP contribution is -2.35. The number of carbonyl (C=O) groups is 1. The molecule has 3 rings (SSSR count). The Kier molecular flexibility index (Phi) is 5.20. The third kappa shape index (κ3) is 4.81. The van der Waals surface area contributed by atoms with E-state index in [9.17, 15) is 18.0 Å². The second kappa shape index (κ2) is 7.55. The van der Waals surface area contributed by atoms with Gasteiger partial charge in [0.25, 0.3) is 0 Å². The van der Waals surface area contributed by atoms with E-state index in [1.54, 1.807) is 0 Å². The van der Waals surface area contributed by atoms with Gasteiger partial charge in [-0.3, -0.25) is 4.79 Å². The summed E-state index contributed by atoms with van der Waals surface area (Å²) < 4.78 is 45.7. The summed E-state index contributed by atoms with van der Waals surface area (Å²) in [6.45, 7) is 0.523. The molecule has 2 N–H and O–H groups in total. The highest BCUT2D eigenvalue weighted by atomic mass is 19.4. The summed E-state index contributed by atoms with van der Waals surface area (Å²) in [5, 5.41) is 5.80. The van der Waals surface area contributed by atoms with E-state index in [4.69, 9.17) is 4.74 Å². The van der Waals surface area contributed by atoms with Crippen molar-refractivity contribution in [3.05, 3.63) is 54.1 Å². The zero-order valence-corrected chi connectivity index (χ0v) is 13.7. The molecule has 1 aliphatic heterocycles. The number of benzene rings is 2. The molecule has 1 aliphatic rings. The molecule has 0 radical (unpaired) electrons.